The maximum Gasteiger partial charge on any atom is 0.251 e. The van der Waals surface area contributed by atoms with Crippen molar-refractivity contribution in [2.45, 2.75) is 39.2 Å². The van der Waals surface area contributed by atoms with Gasteiger partial charge in [-0.2, -0.15) is 0 Å². The minimum Gasteiger partial charge on any atom is -0.352 e. The summed E-state index contributed by atoms with van der Waals surface area (Å²) in [6.45, 7) is 4.33. The smallest absolute Gasteiger partial charge is 0.251 e. The van der Waals surface area contributed by atoms with Gasteiger partial charge in [-0.3, -0.25) is 9.59 Å². The second kappa shape index (κ2) is 9.62. The Morgan fingerprint density at radius 2 is 1.68 bits per heavy atom. The van der Waals surface area contributed by atoms with Gasteiger partial charge in [0.25, 0.3) is 5.91 Å². The van der Waals surface area contributed by atoms with Gasteiger partial charge >= 0.3 is 0 Å². The molecule has 2 aromatic carbocycles. The van der Waals surface area contributed by atoms with Crippen molar-refractivity contribution in [3.8, 4) is 0 Å². The molecule has 25 heavy (non-hydrogen) atoms. The highest BCUT2D eigenvalue weighted by atomic mass is 16.2. The molecule has 132 valence electrons. The third kappa shape index (κ3) is 5.75. The first kappa shape index (κ1) is 18.7. The van der Waals surface area contributed by atoms with Crippen LogP contribution >= 0.6 is 0 Å². The number of hydrogen-bond donors (Lipinski definition) is 2. The number of carbonyl (C=O) groups is 2. The SMILES string of the molecule is CCC[C@H](NC(=O)CCNC(=O)c1ccccc1C)c1ccccc1. The number of nitrogens with one attached hydrogen (secondary N) is 2. The number of benzene rings is 2. The van der Waals surface area contributed by atoms with Crippen LogP contribution in [0.2, 0.25) is 0 Å². The van der Waals surface area contributed by atoms with E-state index in [1.54, 1.807) is 6.07 Å². The van der Waals surface area contributed by atoms with Crippen LogP contribution in [0.5, 0.6) is 0 Å². The number of hydrogen-bond acceptors (Lipinski definition) is 2. The van der Waals surface area contributed by atoms with Crippen molar-refractivity contribution in [1.82, 2.24) is 10.6 Å². The Balaban J connectivity index is 1.83. The van der Waals surface area contributed by atoms with Gasteiger partial charge in [-0.05, 0) is 30.5 Å². The summed E-state index contributed by atoms with van der Waals surface area (Å²) in [4.78, 5) is 24.4. The van der Waals surface area contributed by atoms with E-state index >= 15 is 0 Å². The second-order valence-electron chi connectivity index (χ2n) is 6.14. The molecule has 0 aliphatic rings. The van der Waals surface area contributed by atoms with Crippen molar-refractivity contribution in [1.29, 1.82) is 0 Å². The molecule has 0 fully saturated rings. The van der Waals surface area contributed by atoms with E-state index in [1.165, 1.54) is 0 Å². The number of carbonyl (C=O) groups excluding carboxylic acids is 2. The highest BCUT2D eigenvalue weighted by Crippen LogP contribution is 2.18. The monoisotopic (exact) mass is 338 g/mol. The average Bonchev–Trinajstić information content (AvgIpc) is 2.62. The van der Waals surface area contributed by atoms with Crippen LogP contribution in [0.4, 0.5) is 0 Å². The zero-order chi connectivity index (χ0) is 18.1. The van der Waals surface area contributed by atoms with Crippen LogP contribution in [0.15, 0.2) is 54.6 Å². The summed E-state index contributed by atoms with van der Waals surface area (Å²) in [5.74, 6) is -0.188. The van der Waals surface area contributed by atoms with Crippen LogP contribution in [-0.4, -0.2) is 18.4 Å². The Morgan fingerprint density at radius 3 is 2.36 bits per heavy atom. The summed E-state index contributed by atoms with van der Waals surface area (Å²) in [5.41, 5.74) is 2.69. The number of amides is 2. The summed E-state index contributed by atoms with van der Waals surface area (Å²) in [5, 5.41) is 5.88. The normalized spacial score (nSPS) is 11.6. The van der Waals surface area contributed by atoms with E-state index in [9.17, 15) is 9.59 Å². The minimum atomic E-state index is -0.140. The first-order chi connectivity index (χ1) is 12.1. The van der Waals surface area contributed by atoms with E-state index in [1.807, 2.05) is 55.5 Å². The van der Waals surface area contributed by atoms with E-state index < -0.39 is 0 Å². The van der Waals surface area contributed by atoms with E-state index in [4.69, 9.17) is 0 Å². The summed E-state index contributed by atoms with van der Waals surface area (Å²) in [7, 11) is 0. The van der Waals surface area contributed by atoms with Gasteiger partial charge in [0.05, 0.1) is 6.04 Å². The van der Waals surface area contributed by atoms with Gasteiger partial charge in [-0.25, -0.2) is 0 Å². The van der Waals surface area contributed by atoms with E-state index in [0.717, 1.165) is 24.0 Å². The maximum atomic E-state index is 12.2. The molecule has 4 heteroatoms. The van der Waals surface area contributed by atoms with Crippen molar-refractivity contribution >= 4 is 11.8 Å². The Bertz CT molecular complexity index is 698. The van der Waals surface area contributed by atoms with Crippen molar-refractivity contribution in [3.63, 3.8) is 0 Å². The second-order valence-corrected chi connectivity index (χ2v) is 6.14. The third-order valence-electron chi connectivity index (χ3n) is 4.14. The molecule has 0 aromatic heterocycles. The van der Waals surface area contributed by atoms with Crippen LogP contribution in [0.3, 0.4) is 0 Å². The summed E-state index contributed by atoms with van der Waals surface area (Å²) in [6.07, 6.45) is 2.15. The molecule has 0 unspecified atom stereocenters. The molecule has 0 saturated heterocycles. The molecule has 0 bridgehead atoms. The van der Waals surface area contributed by atoms with Gasteiger partial charge in [-0.15, -0.1) is 0 Å². The zero-order valence-corrected chi connectivity index (χ0v) is 14.9. The van der Waals surface area contributed by atoms with Gasteiger partial charge < -0.3 is 10.6 Å². The Kier molecular flexibility index (Phi) is 7.20. The quantitative estimate of drug-likeness (QED) is 0.770. The molecule has 0 spiro atoms. The fourth-order valence-corrected chi connectivity index (χ4v) is 2.78. The molecule has 2 rings (SSSR count). The average molecular weight is 338 g/mol. The highest BCUT2D eigenvalue weighted by Gasteiger charge is 2.14. The van der Waals surface area contributed by atoms with Crippen LogP contribution < -0.4 is 10.6 Å². The van der Waals surface area contributed by atoms with Gasteiger partial charge in [0.15, 0.2) is 0 Å². The first-order valence-electron chi connectivity index (χ1n) is 8.80. The summed E-state index contributed by atoms with van der Waals surface area (Å²) < 4.78 is 0. The van der Waals surface area contributed by atoms with Gasteiger partial charge in [-0.1, -0.05) is 61.9 Å². The lowest BCUT2D eigenvalue weighted by molar-refractivity contribution is -0.121. The predicted octanol–water partition coefficient (Wildman–Crippen LogP) is 3.77. The van der Waals surface area contributed by atoms with Crippen LogP contribution in [-0.2, 0) is 4.79 Å². The van der Waals surface area contributed by atoms with Gasteiger partial charge in [0.2, 0.25) is 5.91 Å². The van der Waals surface area contributed by atoms with Crippen LogP contribution in [0.25, 0.3) is 0 Å². The molecule has 0 saturated carbocycles. The molecule has 0 radical (unpaired) electrons. The lowest BCUT2D eigenvalue weighted by atomic mass is 10.0. The van der Waals surface area contributed by atoms with Crippen molar-refractivity contribution in [2.75, 3.05) is 6.54 Å². The molecule has 4 nitrogen and oxygen atoms in total. The summed E-state index contributed by atoms with van der Waals surface area (Å²) in [6, 6.07) is 17.4. The molecule has 0 aliphatic carbocycles. The third-order valence-corrected chi connectivity index (χ3v) is 4.14. The fraction of sp³-hybridized carbons (Fsp3) is 0.333. The van der Waals surface area contributed by atoms with Gasteiger partial charge in [0.1, 0.15) is 0 Å². The standard InChI is InChI=1S/C21H26N2O2/c1-3-9-19(17-11-5-4-6-12-17)23-20(24)14-15-22-21(25)18-13-8-7-10-16(18)2/h4-8,10-13,19H,3,9,14-15H2,1-2H3,(H,22,25)(H,23,24)/t19-/m0/s1. The highest BCUT2D eigenvalue weighted by molar-refractivity contribution is 5.95. The topological polar surface area (TPSA) is 58.2 Å². The number of aryl methyl sites for hydroxylation is 1. The van der Waals surface area contributed by atoms with Crippen molar-refractivity contribution < 1.29 is 9.59 Å². The van der Waals surface area contributed by atoms with Crippen LogP contribution in [0.1, 0.15) is 53.7 Å². The van der Waals surface area contributed by atoms with E-state index in [0.29, 0.717) is 12.1 Å². The Morgan fingerprint density at radius 1 is 1.00 bits per heavy atom. The molecule has 0 aliphatic heterocycles. The summed E-state index contributed by atoms with van der Waals surface area (Å²) >= 11 is 0. The molecule has 2 aromatic rings. The largest absolute Gasteiger partial charge is 0.352 e. The molecule has 2 amide bonds. The maximum absolute atomic E-state index is 12.2. The predicted molar refractivity (Wildman–Crippen MR) is 100 cm³/mol. The fourth-order valence-electron chi connectivity index (χ4n) is 2.78. The number of rotatable bonds is 8. The molecular weight excluding hydrogens is 312 g/mol. The van der Waals surface area contributed by atoms with Crippen molar-refractivity contribution in [2.24, 2.45) is 0 Å². The Hall–Kier alpha value is -2.62. The van der Waals surface area contributed by atoms with E-state index in [-0.39, 0.29) is 24.3 Å². The lowest BCUT2D eigenvalue weighted by Crippen LogP contribution is -2.33. The zero-order valence-electron chi connectivity index (χ0n) is 14.9. The van der Waals surface area contributed by atoms with Crippen LogP contribution in [0, 0.1) is 6.92 Å². The molecular formula is C21H26N2O2. The Labute approximate surface area is 149 Å². The first-order valence-corrected chi connectivity index (χ1v) is 8.80. The molecule has 0 heterocycles. The molecule has 1 atom stereocenters. The van der Waals surface area contributed by atoms with Gasteiger partial charge in [0, 0.05) is 18.5 Å². The lowest BCUT2D eigenvalue weighted by Gasteiger charge is -2.18. The van der Waals surface area contributed by atoms with E-state index in [2.05, 4.69) is 17.6 Å². The van der Waals surface area contributed by atoms with Crippen molar-refractivity contribution in [3.05, 3.63) is 71.3 Å². The molecule has 2 N–H and O–H groups in total. The minimum absolute atomic E-state index is 0.0192.